The quantitative estimate of drug-likeness (QED) is 0.413. The minimum atomic E-state index is -0.234. The largest absolute Gasteiger partial charge is 0.370 e. The molecule has 0 saturated heterocycles. The van der Waals surface area contributed by atoms with Gasteiger partial charge in [-0.1, -0.05) is 5.92 Å². The van der Waals surface area contributed by atoms with E-state index < -0.39 is 0 Å². The monoisotopic (exact) mass is 154 g/mol. The zero-order valence-corrected chi connectivity index (χ0v) is 6.60. The van der Waals surface area contributed by atoms with Gasteiger partial charge < -0.3 is 11.1 Å². The smallest absolute Gasteiger partial charge is 0.217 e. The summed E-state index contributed by atoms with van der Waals surface area (Å²) in [7, 11) is 0. The average Bonchev–Trinajstić information content (AvgIpc) is 1.96. The van der Waals surface area contributed by atoms with Crippen molar-refractivity contribution in [3.05, 3.63) is 0 Å². The van der Waals surface area contributed by atoms with Crippen LogP contribution in [-0.4, -0.2) is 19.0 Å². The average molecular weight is 154 g/mol. The standard InChI is InChI=1S/C8H14N2O/c1-2-6-10-7-4-3-5-8(9)11/h1,10H,3-7H2,(H2,9,11). The number of carbonyl (C=O) groups excluding carboxylic acids is 1. The highest BCUT2D eigenvalue weighted by Crippen LogP contribution is 1.91. The Kier molecular flexibility index (Phi) is 6.45. The minimum Gasteiger partial charge on any atom is -0.370 e. The summed E-state index contributed by atoms with van der Waals surface area (Å²) in [5.41, 5.74) is 4.94. The molecule has 0 rings (SSSR count). The van der Waals surface area contributed by atoms with Gasteiger partial charge in [-0.25, -0.2) is 0 Å². The van der Waals surface area contributed by atoms with Gasteiger partial charge in [-0.3, -0.25) is 4.79 Å². The van der Waals surface area contributed by atoms with Gasteiger partial charge in [-0.2, -0.15) is 0 Å². The Morgan fingerprint density at radius 3 is 2.82 bits per heavy atom. The van der Waals surface area contributed by atoms with E-state index >= 15 is 0 Å². The molecule has 0 saturated carbocycles. The number of nitrogens with one attached hydrogen (secondary N) is 1. The van der Waals surface area contributed by atoms with Crippen molar-refractivity contribution in [2.75, 3.05) is 13.1 Å². The molecule has 0 aromatic heterocycles. The maximum atomic E-state index is 10.3. The van der Waals surface area contributed by atoms with Crippen LogP contribution >= 0.6 is 0 Å². The number of amides is 1. The van der Waals surface area contributed by atoms with Crippen molar-refractivity contribution in [3.63, 3.8) is 0 Å². The van der Waals surface area contributed by atoms with E-state index in [4.69, 9.17) is 12.2 Å². The molecule has 0 bridgehead atoms. The minimum absolute atomic E-state index is 0.234. The van der Waals surface area contributed by atoms with Crippen LogP contribution in [0.4, 0.5) is 0 Å². The topological polar surface area (TPSA) is 55.1 Å². The molecule has 0 aromatic carbocycles. The van der Waals surface area contributed by atoms with Gasteiger partial charge in [-0.05, 0) is 19.4 Å². The third-order valence-corrected chi connectivity index (χ3v) is 1.25. The van der Waals surface area contributed by atoms with E-state index in [-0.39, 0.29) is 5.91 Å². The summed E-state index contributed by atoms with van der Waals surface area (Å²) in [5, 5.41) is 3.02. The number of hydrogen-bond donors (Lipinski definition) is 2. The highest BCUT2D eigenvalue weighted by Gasteiger charge is 1.92. The lowest BCUT2D eigenvalue weighted by molar-refractivity contribution is -0.118. The van der Waals surface area contributed by atoms with Crippen molar-refractivity contribution in [1.29, 1.82) is 0 Å². The summed E-state index contributed by atoms with van der Waals surface area (Å²) < 4.78 is 0. The van der Waals surface area contributed by atoms with Gasteiger partial charge >= 0.3 is 0 Å². The van der Waals surface area contributed by atoms with Crippen molar-refractivity contribution in [1.82, 2.24) is 5.32 Å². The van der Waals surface area contributed by atoms with Crippen LogP contribution < -0.4 is 11.1 Å². The molecule has 0 aliphatic heterocycles. The van der Waals surface area contributed by atoms with E-state index in [0.29, 0.717) is 13.0 Å². The molecule has 1 amide bonds. The second-order valence-corrected chi connectivity index (χ2v) is 2.30. The summed E-state index contributed by atoms with van der Waals surface area (Å²) in [6, 6.07) is 0. The second kappa shape index (κ2) is 7.10. The van der Waals surface area contributed by atoms with E-state index in [9.17, 15) is 4.79 Å². The van der Waals surface area contributed by atoms with Crippen molar-refractivity contribution in [3.8, 4) is 12.3 Å². The van der Waals surface area contributed by atoms with Crippen molar-refractivity contribution in [2.45, 2.75) is 19.3 Å². The van der Waals surface area contributed by atoms with Crippen LogP contribution in [0.15, 0.2) is 0 Å². The predicted octanol–water partition coefficient (Wildman–Crippen LogP) is -0.135. The third-order valence-electron chi connectivity index (χ3n) is 1.25. The van der Waals surface area contributed by atoms with Crippen LogP contribution in [-0.2, 0) is 4.79 Å². The van der Waals surface area contributed by atoms with Gasteiger partial charge in [0, 0.05) is 6.42 Å². The molecule has 0 aromatic rings. The molecule has 0 fully saturated rings. The third kappa shape index (κ3) is 8.99. The molecule has 3 heteroatoms. The first-order chi connectivity index (χ1) is 5.27. The molecule has 0 radical (unpaired) electrons. The zero-order valence-electron chi connectivity index (χ0n) is 6.60. The Labute approximate surface area is 67.3 Å². The Balaban J connectivity index is 2.92. The number of terminal acetylenes is 1. The molecule has 0 spiro atoms. The van der Waals surface area contributed by atoms with E-state index in [1.807, 2.05) is 0 Å². The molecule has 0 unspecified atom stereocenters. The van der Waals surface area contributed by atoms with E-state index in [1.54, 1.807) is 0 Å². The molecule has 3 N–H and O–H groups in total. The molecule has 0 atom stereocenters. The van der Waals surface area contributed by atoms with Crippen molar-refractivity contribution in [2.24, 2.45) is 5.73 Å². The summed E-state index contributed by atoms with van der Waals surface area (Å²) in [5.74, 6) is 2.23. The zero-order chi connectivity index (χ0) is 8.53. The number of primary amides is 1. The normalized spacial score (nSPS) is 9.00. The first kappa shape index (κ1) is 9.99. The van der Waals surface area contributed by atoms with Crippen LogP contribution in [0.5, 0.6) is 0 Å². The lowest BCUT2D eigenvalue weighted by Gasteiger charge is -1.98. The van der Waals surface area contributed by atoms with Crippen LogP contribution in [0.25, 0.3) is 0 Å². The number of nitrogens with two attached hydrogens (primary N) is 1. The van der Waals surface area contributed by atoms with Crippen LogP contribution in [0.2, 0.25) is 0 Å². The maximum absolute atomic E-state index is 10.3. The predicted molar refractivity (Wildman–Crippen MR) is 44.7 cm³/mol. The molecular weight excluding hydrogens is 140 g/mol. The van der Waals surface area contributed by atoms with E-state index in [2.05, 4.69) is 11.2 Å². The fraction of sp³-hybridized carbons (Fsp3) is 0.625. The molecule has 0 heterocycles. The van der Waals surface area contributed by atoms with Gasteiger partial charge in [0.25, 0.3) is 0 Å². The SMILES string of the molecule is C#CCNCCCCC(N)=O. The molecule has 0 aliphatic rings. The van der Waals surface area contributed by atoms with E-state index in [0.717, 1.165) is 19.4 Å². The first-order valence-corrected chi connectivity index (χ1v) is 3.70. The number of hydrogen-bond acceptors (Lipinski definition) is 2. The van der Waals surface area contributed by atoms with Gasteiger partial charge in [0.05, 0.1) is 6.54 Å². The van der Waals surface area contributed by atoms with Gasteiger partial charge in [0.2, 0.25) is 5.91 Å². The Bertz CT molecular complexity index is 149. The lowest BCUT2D eigenvalue weighted by atomic mass is 10.2. The molecule has 62 valence electrons. The Morgan fingerprint density at radius 1 is 1.55 bits per heavy atom. The number of rotatable bonds is 6. The number of carbonyl (C=O) groups is 1. The van der Waals surface area contributed by atoms with Gasteiger partial charge in [-0.15, -0.1) is 6.42 Å². The second-order valence-electron chi connectivity index (χ2n) is 2.30. The number of unbranched alkanes of at least 4 members (excludes halogenated alkanes) is 1. The molecular formula is C8H14N2O. The highest BCUT2D eigenvalue weighted by molar-refractivity contribution is 5.73. The van der Waals surface area contributed by atoms with Gasteiger partial charge in [0.15, 0.2) is 0 Å². The Morgan fingerprint density at radius 2 is 2.27 bits per heavy atom. The van der Waals surface area contributed by atoms with Crippen molar-refractivity contribution < 1.29 is 4.79 Å². The van der Waals surface area contributed by atoms with Crippen LogP contribution in [0.3, 0.4) is 0 Å². The van der Waals surface area contributed by atoms with E-state index in [1.165, 1.54) is 0 Å². The summed E-state index contributed by atoms with van der Waals surface area (Å²) in [6.45, 7) is 1.45. The first-order valence-electron chi connectivity index (χ1n) is 3.70. The van der Waals surface area contributed by atoms with Crippen molar-refractivity contribution >= 4 is 5.91 Å². The fourth-order valence-corrected chi connectivity index (χ4v) is 0.710. The molecule has 11 heavy (non-hydrogen) atoms. The summed E-state index contributed by atoms with van der Waals surface area (Å²) in [4.78, 5) is 10.3. The Hall–Kier alpha value is -1.01. The summed E-state index contributed by atoms with van der Waals surface area (Å²) in [6.07, 6.45) is 7.26. The lowest BCUT2D eigenvalue weighted by Crippen LogP contribution is -2.16. The molecule has 3 nitrogen and oxygen atoms in total. The molecule has 0 aliphatic carbocycles. The van der Waals surface area contributed by atoms with Gasteiger partial charge in [0.1, 0.15) is 0 Å². The van der Waals surface area contributed by atoms with Crippen LogP contribution in [0, 0.1) is 12.3 Å². The maximum Gasteiger partial charge on any atom is 0.217 e. The highest BCUT2D eigenvalue weighted by atomic mass is 16.1. The van der Waals surface area contributed by atoms with Crippen LogP contribution in [0.1, 0.15) is 19.3 Å². The summed E-state index contributed by atoms with van der Waals surface area (Å²) >= 11 is 0. The fourth-order valence-electron chi connectivity index (χ4n) is 0.710.